The van der Waals surface area contributed by atoms with Gasteiger partial charge in [0.05, 0.1) is 11.7 Å². The fourth-order valence-corrected chi connectivity index (χ4v) is 4.61. The van der Waals surface area contributed by atoms with Crippen molar-refractivity contribution in [1.29, 1.82) is 0 Å². The first-order chi connectivity index (χ1) is 15.1. The number of benzene rings is 2. The molecule has 1 aliphatic heterocycles. The van der Waals surface area contributed by atoms with Gasteiger partial charge in [-0.05, 0) is 85.7 Å². The predicted octanol–water partition coefficient (Wildman–Crippen LogP) is 5.67. The van der Waals surface area contributed by atoms with Crippen LogP contribution in [0.1, 0.15) is 34.6 Å². The molecule has 0 saturated carbocycles. The van der Waals surface area contributed by atoms with E-state index in [2.05, 4.69) is 88.3 Å². The molecule has 0 aliphatic carbocycles. The number of nitrogens with one attached hydrogen (secondary N) is 1. The summed E-state index contributed by atoms with van der Waals surface area (Å²) in [5, 5.41) is 4.25. The number of rotatable bonds is 4. The molecule has 1 saturated heterocycles. The zero-order valence-corrected chi connectivity index (χ0v) is 18.4. The number of para-hydroxylation sites is 1. The maximum Gasteiger partial charge on any atom is 0.174 e. The van der Waals surface area contributed by atoms with Crippen molar-refractivity contribution in [3.05, 3.63) is 114 Å². The van der Waals surface area contributed by atoms with E-state index in [1.165, 1.54) is 11.1 Å². The van der Waals surface area contributed by atoms with E-state index in [1.807, 2.05) is 36.5 Å². The summed E-state index contributed by atoms with van der Waals surface area (Å²) < 4.78 is 2.26. The molecule has 0 unspecified atom stereocenters. The summed E-state index contributed by atoms with van der Waals surface area (Å²) in [7, 11) is 0. The molecule has 0 amide bonds. The van der Waals surface area contributed by atoms with Gasteiger partial charge >= 0.3 is 0 Å². The van der Waals surface area contributed by atoms with Crippen molar-refractivity contribution >= 4 is 23.0 Å². The van der Waals surface area contributed by atoms with E-state index in [4.69, 9.17) is 12.2 Å². The van der Waals surface area contributed by atoms with Gasteiger partial charge in [0.1, 0.15) is 6.04 Å². The Labute approximate surface area is 188 Å². The highest BCUT2D eigenvalue weighted by Crippen LogP contribution is 2.42. The molecule has 2 atom stereocenters. The van der Waals surface area contributed by atoms with Crippen LogP contribution < -0.4 is 10.2 Å². The Kier molecular flexibility index (Phi) is 5.04. The highest BCUT2D eigenvalue weighted by atomic mass is 32.1. The highest BCUT2D eigenvalue weighted by Gasteiger charge is 2.42. The Morgan fingerprint density at radius 3 is 2.39 bits per heavy atom. The van der Waals surface area contributed by atoms with Gasteiger partial charge in [0.25, 0.3) is 0 Å². The van der Waals surface area contributed by atoms with Crippen LogP contribution in [-0.2, 0) is 0 Å². The molecule has 0 spiro atoms. The molecule has 4 nitrogen and oxygen atoms in total. The fourth-order valence-electron chi connectivity index (χ4n) is 4.27. The molecule has 4 aromatic rings. The second-order valence-corrected chi connectivity index (χ2v) is 8.29. The van der Waals surface area contributed by atoms with E-state index in [1.54, 1.807) is 0 Å². The van der Waals surface area contributed by atoms with Crippen LogP contribution in [0, 0.1) is 13.8 Å². The van der Waals surface area contributed by atoms with Crippen LogP contribution in [0.4, 0.5) is 5.69 Å². The van der Waals surface area contributed by atoms with Gasteiger partial charge in [-0.1, -0.05) is 30.3 Å². The molecule has 1 N–H and O–H groups in total. The van der Waals surface area contributed by atoms with Crippen LogP contribution >= 0.6 is 12.2 Å². The molecule has 2 aromatic heterocycles. The summed E-state index contributed by atoms with van der Waals surface area (Å²) in [6.07, 6.45) is 3.96. The Balaban J connectivity index is 1.67. The third-order valence-electron chi connectivity index (χ3n) is 5.98. The summed E-state index contributed by atoms with van der Waals surface area (Å²) in [6.45, 7) is 4.30. The number of nitrogens with zero attached hydrogens (tertiary/aromatic N) is 3. The van der Waals surface area contributed by atoms with Crippen molar-refractivity contribution in [3.63, 3.8) is 0 Å². The standard InChI is InChI=1S/C26H24N4S/c1-18-13-14-21(17-19(18)2)29-16-8-12-23(29)25-24(22-11-6-7-15-27-22)28-26(31)30(25)20-9-4-3-5-10-20/h3-17,24-25H,1-2H3,(H,28,31)/t24-,25+/m1/s1. The lowest BCUT2D eigenvalue weighted by atomic mass is 10.0. The quantitative estimate of drug-likeness (QED) is 0.428. The zero-order valence-electron chi connectivity index (χ0n) is 17.6. The van der Waals surface area contributed by atoms with Gasteiger partial charge < -0.3 is 14.8 Å². The molecular weight excluding hydrogens is 400 g/mol. The highest BCUT2D eigenvalue weighted by molar-refractivity contribution is 7.80. The monoisotopic (exact) mass is 424 g/mol. The van der Waals surface area contributed by atoms with Crippen LogP contribution in [0.15, 0.2) is 91.3 Å². The number of hydrogen-bond acceptors (Lipinski definition) is 2. The average molecular weight is 425 g/mol. The van der Waals surface area contributed by atoms with Crippen molar-refractivity contribution in [1.82, 2.24) is 14.9 Å². The molecule has 3 heterocycles. The summed E-state index contributed by atoms with van der Waals surface area (Å²) in [4.78, 5) is 6.86. The third kappa shape index (κ3) is 3.51. The van der Waals surface area contributed by atoms with Crippen molar-refractivity contribution in [2.45, 2.75) is 25.9 Å². The smallest absolute Gasteiger partial charge is 0.174 e. The minimum atomic E-state index is -0.0610. The van der Waals surface area contributed by atoms with Crippen LogP contribution in [0.3, 0.4) is 0 Å². The molecule has 1 fully saturated rings. The summed E-state index contributed by atoms with van der Waals surface area (Å²) >= 11 is 5.83. The van der Waals surface area contributed by atoms with Gasteiger partial charge in [-0.25, -0.2) is 0 Å². The summed E-state index contributed by atoms with van der Waals surface area (Å²) in [5.41, 5.74) is 6.91. The van der Waals surface area contributed by atoms with Crippen LogP contribution in [-0.4, -0.2) is 14.7 Å². The van der Waals surface area contributed by atoms with Crippen LogP contribution in [0.5, 0.6) is 0 Å². The van der Waals surface area contributed by atoms with Gasteiger partial charge in [-0.15, -0.1) is 0 Å². The van der Waals surface area contributed by atoms with Crippen molar-refractivity contribution in [2.75, 3.05) is 4.90 Å². The van der Waals surface area contributed by atoms with Gasteiger partial charge in [-0.3, -0.25) is 4.98 Å². The minimum Gasteiger partial charge on any atom is -0.351 e. The molecule has 5 heteroatoms. The number of hydrogen-bond donors (Lipinski definition) is 1. The third-order valence-corrected chi connectivity index (χ3v) is 6.30. The summed E-state index contributed by atoms with van der Waals surface area (Å²) in [5.74, 6) is 0. The number of pyridine rings is 1. The molecule has 0 bridgehead atoms. The summed E-state index contributed by atoms with van der Waals surface area (Å²) in [6, 6.07) is 27.1. The van der Waals surface area contributed by atoms with E-state index in [0.29, 0.717) is 5.11 Å². The molecule has 2 aromatic carbocycles. The first-order valence-electron chi connectivity index (χ1n) is 10.4. The molecule has 0 radical (unpaired) electrons. The second kappa shape index (κ2) is 8.00. The van der Waals surface area contributed by atoms with E-state index in [0.717, 1.165) is 22.8 Å². The zero-order chi connectivity index (χ0) is 21.4. The van der Waals surface area contributed by atoms with E-state index in [9.17, 15) is 0 Å². The SMILES string of the molecule is Cc1ccc(-n2cccc2[C@H]2[C@@H](c3ccccn3)NC(=S)N2c2ccccc2)cc1C. The predicted molar refractivity (Wildman–Crippen MR) is 130 cm³/mol. The molecule has 31 heavy (non-hydrogen) atoms. The first-order valence-corrected chi connectivity index (χ1v) is 10.8. The Bertz CT molecular complexity index is 1220. The van der Waals surface area contributed by atoms with Gasteiger partial charge in [0.15, 0.2) is 5.11 Å². The molecule has 154 valence electrons. The number of aromatic nitrogens is 2. The molecule has 1 aliphatic rings. The van der Waals surface area contributed by atoms with E-state index >= 15 is 0 Å². The Morgan fingerprint density at radius 1 is 0.839 bits per heavy atom. The van der Waals surface area contributed by atoms with Gasteiger partial charge in [-0.2, -0.15) is 0 Å². The fraction of sp³-hybridized carbons (Fsp3) is 0.154. The largest absolute Gasteiger partial charge is 0.351 e. The van der Waals surface area contributed by atoms with Crippen LogP contribution in [0.2, 0.25) is 0 Å². The first kappa shape index (κ1) is 19.5. The lowest BCUT2D eigenvalue weighted by Gasteiger charge is -2.29. The maximum absolute atomic E-state index is 5.83. The van der Waals surface area contributed by atoms with Gasteiger partial charge in [0.2, 0.25) is 0 Å². The Morgan fingerprint density at radius 2 is 1.65 bits per heavy atom. The van der Waals surface area contributed by atoms with Crippen molar-refractivity contribution < 1.29 is 0 Å². The van der Waals surface area contributed by atoms with Crippen LogP contribution in [0.25, 0.3) is 5.69 Å². The minimum absolute atomic E-state index is 0.0404. The maximum atomic E-state index is 5.83. The van der Waals surface area contributed by atoms with Crippen molar-refractivity contribution in [2.24, 2.45) is 0 Å². The normalized spacial score (nSPS) is 18.3. The molecular formula is C26H24N4S. The number of anilines is 1. The average Bonchev–Trinajstić information content (AvgIpc) is 3.41. The number of aryl methyl sites for hydroxylation is 2. The van der Waals surface area contributed by atoms with E-state index in [-0.39, 0.29) is 12.1 Å². The molecule has 5 rings (SSSR count). The topological polar surface area (TPSA) is 33.1 Å². The van der Waals surface area contributed by atoms with E-state index < -0.39 is 0 Å². The number of thiocarbonyl (C=S) groups is 1. The van der Waals surface area contributed by atoms with Crippen molar-refractivity contribution in [3.8, 4) is 5.69 Å². The Hall–Kier alpha value is -3.44. The van der Waals surface area contributed by atoms with Gasteiger partial charge in [0, 0.05) is 29.5 Å². The second-order valence-electron chi connectivity index (χ2n) is 7.90. The lowest BCUT2D eigenvalue weighted by Crippen LogP contribution is -2.30. The lowest BCUT2D eigenvalue weighted by molar-refractivity contribution is 0.549.